The van der Waals surface area contributed by atoms with Crippen molar-refractivity contribution in [3.05, 3.63) is 194 Å². The SMILES string of the molecule is [2H]c1c([2H])c([2H])c(-c2c([2H])c([2H])c(N(c3c([2H])c(-c4nc(-c5ccccc5)nc(-c5ccccc5)n4)c4c(oc5c([2H])c([2H])c([2H])c([2H])c54)c3[2H])c3c([2H])c([2H])c([2H])c4c3sc3c([2H])c([2H])c([2H])c([2H])c34)c([2H])c2[2H])c([2H])c1[2H]. The molecule has 57 heavy (non-hydrogen) atoms. The smallest absolute Gasteiger partial charge is 0.164 e. The van der Waals surface area contributed by atoms with Gasteiger partial charge in [-0.25, -0.2) is 15.0 Å². The molecule has 0 aliphatic rings. The molecule has 0 amide bonds. The van der Waals surface area contributed by atoms with E-state index in [4.69, 9.17) is 35.8 Å². The van der Waals surface area contributed by atoms with Gasteiger partial charge >= 0.3 is 0 Å². The molecule has 8 aromatic carbocycles. The predicted octanol–water partition coefficient (Wildman–Crippen LogP) is 14.3. The van der Waals surface area contributed by atoms with Crippen LogP contribution in [0.2, 0.25) is 0 Å². The van der Waals surface area contributed by atoms with Crippen LogP contribution in [0.1, 0.15) is 30.2 Å². The third-order valence-corrected chi connectivity index (χ3v) is 10.0. The molecule has 11 aromatic rings. The summed E-state index contributed by atoms with van der Waals surface area (Å²) in [5, 5.41) is -1.27. The van der Waals surface area contributed by atoms with Crippen molar-refractivity contribution in [2.75, 3.05) is 4.90 Å². The van der Waals surface area contributed by atoms with Crippen LogP contribution >= 0.6 is 11.3 Å². The van der Waals surface area contributed by atoms with Crippen molar-refractivity contribution in [3.63, 3.8) is 0 Å². The van der Waals surface area contributed by atoms with Crippen LogP contribution in [-0.2, 0) is 0 Å². The molecule has 6 heteroatoms. The van der Waals surface area contributed by atoms with Gasteiger partial charge in [-0.15, -0.1) is 11.3 Å². The van der Waals surface area contributed by atoms with Gasteiger partial charge in [0.2, 0.25) is 0 Å². The second-order valence-corrected chi connectivity index (χ2v) is 13.3. The Bertz CT molecular complexity index is 4420. The lowest BCUT2D eigenvalue weighted by atomic mass is 10.0. The average molecular weight is 771 g/mol. The van der Waals surface area contributed by atoms with E-state index in [1.807, 2.05) is 0 Å². The van der Waals surface area contributed by atoms with Crippen molar-refractivity contribution in [1.82, 2.24) is 15.0 Å². The van der Waals surface area contributed by atoms with E-state index in [1.165, 1.54) is 0 Å². The van der Waals surface area contributed by atoms with Crippen LogP contribution in [0.15, 0.2) is 198 Å². The highest BCUT2D eigenvalue weighted by Gasteiger charge is 2.24. The molecule has 0 fully saturated rings. The van der Waals surface area contributed by atoms with E-state index in [-0.39, 0.29) is 48.4 Å². The molecule has 0 spiro atoms. The van der Waals surface area contributed by atoms with Gasteiger partial charge in [-0.05, 0) is 47.4 Å². The van der Waals surface area contributed by atoms with Crippen LogP contribution < -0.4 is 4.90 Å². The quantitative estimate of drug-likeness (QED) is 0.162. The number of fused-ring (bicyclic) bond motifs is 6. The van der Waals surface area contributed by atoms with Crippen molar-refractivity contribution in [2.24, 2.45) is 0 Å². The summed E-state index contributed by atoms with van der Waals surface area (Å²) in [6.45, 7) is 0. The van der Waals surface area contributed by atoms with Gasteiger partial charge in [0.25, 0.3) is 0 Å². The molecule has 5 nitrogen and oxygen atoms in total. The summed E-state index contributed by atoms with van der Waals surface area (Å²) >= 11 is 0.590. The monoisotopic (exact) mass is 770 g/mol. The summed E-state index contributed by atoms with van der Waals surface area (Å²) in [6, 6.07) is -1.32. The summed E-state index contributed by atoms with van der Waals surface area (Å²) in [4.78, 5) is 15.1. The van der Waals surface area contributed by atoms with Gasteiger partial charge in [-0.3, -0.25) is 0 Å². The van der Waals surface area contributed by atoms with Crippen molar-refractivity contribution < 1.29 is 34.6 Å². The Labute approximate surface area is 363 Å². The Balaban J connectivity index is 1.39. The van der Waals surface area contributed by atoms with Gasteiger partial charge in [0, 0.05) is 54.7 Å². The molecule has 0 unspecified atom stereocenters. The second-order valence-electron chi connectivity index (χ2n) is 12.3. The minimum atomic E-state index is -1.08. The Morgan fingerprint density at radius 2 is 1.09 bits per heavy atom. The van der Waals surface area contributed by atoms with E-state index in [2.05, 4.69) is 0 Å². The maximum atomic E-state index is 10.5. The molecule has 0 bridgehead atoms. The first-order chi connectivity index (χ1) is 37.4. The molecule has 0 saturated carbocycles. The fourth-order valence-electron chi connectivity index (χ4n) is 6.39. The minimum Gasteiger partial charge on any atom is -0.456 e. The highest BCUT2D eigenvalue weighted by Crippen LogP contribution is 2.47. The van der Waals surface area contributed by atoms with E-state index in [0.29, 0.717) is 22.5 Å². The topological polar surface area (TPSA) is 55.1 Å². The largest absolute Gasteiger partial charge is 0.456 e. The maximum Gasteiger partial charge on any atom is 0.164 e. The molecule has 0 radical (unpaired) electrons. The molecule has 268 valence electrons. The van der Waals surface area contributed by atoms with E-state index in [0.717, 1.165) is 4.90 Å². The van der Waals surface area contributed by atoms with Crippen LogP contribution in [0.5, 0.6) is 0 Å². The lowest BCUT2D eigenvalue weighted by Gasteiger charge is -2.27. The van der Waals surface area contributed by atoms with Crippen LogP contribution in [0.4, 0.5) is 17.1 Å². The summed E-state index contributed by atoms with van der Waals surface area (Å²) in [7, 11) is 0. The van der Waals surface area contributed by atoms with Gasteiger partial charge in [0.1, 0.15) is 11.2 Å². The van der Waals surface area contributed by atoms with Gasteiger partial charge in [0.05, 0.1) is 46.2 Å². The fraction of sp³-hybridized carbons (Fsp3) is 0. The Hall–Kier alpha value is -7.41. The van der Waals surface area contributed by atoms with E-state index in [1.54, 1.807) is 60.7 Å². The van der Waals surface area contributed by atoms with Crippen molar-refractivity contribution in [3.8, 4) is 45.3 Å². The van der Waals surface area contributed by atoms with Crippen LogP contribution in [0.3, 0.4) is 0 Å². The molecule has 0 aliphatic carbocycles. The predicted molar refractivity (Wildman–Crippen MR) is 236 cm³/mol. The molecule has 3 heterocycles. The minimum absolute atomic E-state index is 0.0214. The number of furan rings is 1. The molecule has 11 rings (SSSR count). The van der Waals surface area contributed by atoms with E-state index in [9.17, 15) is 13.7 Å². The van der Waals surface area contributed by atoms with E-state index < -0.39 is 178 Å². The highest BCUT2D eigenvalue weighted by molar-refractivity contribution is 7.26. The Morgan fingerprint density at radius 3 is 1.82 bits per heavy atom. The Morgan fingerprint density at radius 1 is 0.474 bits per heavy atom. The number of rotatable bonds is 7. The Kier molecular flexibility index (Phi) is 4.23. The third kappa shape index (κ3) is 5.82. The summed E-state index contributed by atoms with van der Waals surface area (Å²) < 4.78 is 206. The van der Waals surface area contributed by atoms with Gasteiger partial charge in [-0.2, -0.15) is 0 Å². The van der Waals surface area contributed by atoms with Crippen LogP contribution in [-0.4, -0.2) is 15.0 Å². The molecule has 0 atom stereocenters. The summed E-state index contributed by atoms with van der Waals surface area (Å²) in [5.74, 6) is -0.333. The number of hydrogen-bond acceptors (Lipinski definition) is 6. The number of thiophene rings is 1. The zero-order chi connectivity index (χ0) is 56.9. The molecule has 0 aliphatic heterocycles. The van der Waals surface area contributed by atoms with Gasteiger partial charge in [-0.1, -0.05) is 151 Å². The summed E-state index contributed by atoms with van der Waals surface area (Å²) in [6.07, 6.45) is 0. The molecule has 0 saturated heterocycles. The van der Waals surface area contributed by atoms with Crippen molar-refractivity contribution >= 4 is 70.5 Å². The first kappa shape index (κ1) is 17.6. The van der Waals surface area contributed by atoms with Gasteiger partial charge in [0.15, 0.2) is 17.5 Å². The van der Waals surface area contributed by atoms with Gasteiger partial charge < -0.3 is 9.32 Å². The normalized spacial score (nSPS) is 16.9. The average Bonchev–Trinajstić information content (AvgIpc) is 3.81. The maximum absolute atomic E-state index is 10.5. The number of aromatic nitrogens is 3. The number of hydrogen-bond donors (Lipinski definition) is 0. The molecular formula is C51H32N4OS. The van der Waals surface area contributed by atoms with Crippen LogP contribution in [0, 0.1) is 0 Å². The van der Waals surface area contributed by atoms with Crippen LogP contribution in [0.25, 0.3) is 87.4 Å². The number of para-hydroxylation sites is 1. The molecular weight excluding hydrogens is 717 g/mol. The number of nitrogens with zero attached hydrogens (tertiary/aromatic N) is 4. The first-order valence-corrected chi connectivity index (χ1v) is 18.0. The number of anilines is 3. The second kappa shape index (κ2) is 13.7. The van der Waals surface area contributed by atoms with E-state index >= 15 is 0 Å². The van der Waals surface area contributed by atoms with Crippen molar-refractivity contribution in [1.29, 1.82) is 0 Å². The summed E-state index contributed by atoms with van der Waals surface area (Å²) in [5.41, 5.74) is -4.54. The zero-order valence-electron chi connectivity index (χ0n) is 50.9. The van der Waals surface area contributed by atoms with Crippen molar-refractivity contribution in [2.45, 2.75) is 0 Å². The molecule has 3 aromatic heterocycles. The first-order valence-electron chi connectivity index (χ1n) is 28.2. The zero-order valence-corrected chi connectivity index (χ0v) is 29.7. The lowest BCUT2D eigenvalue weighted by Crippen LogP contribution is -2.10. The number of benzene rings is 8. The standard InChI is InChI=1S/C51H32N4OS/c1-4-15-33(16-5-1)34-27-29-37(30-28-34)55(43-24-14-23-40-39-21-11-13-26-46(39)57-48(40)43)38-31-42(47-41-22-10-12-25-44(41)56-45(47)32-38)51-53-49(35-17-6-2-7-18-35)52-50(54-51)36-19-8-3-9-20-36/h1-32H/i1D,4D,5D,10D,11D,12D,13D,14D,15D,16D,21D,22D,23D,24D,25D,26D,27D,28D,29D,30D,31D,32D. The molecule has 0 N–H and O–H groups in total. The fourth-order valence-corrected chi connectivity index (χ4v) is 7.45. The highest BCUT2D eigenvalue weighted by atomic mass is 32.1. The third-order valence-electron chi connectivity index (χ3n) is 8.93. The lowest BCUT2D eigenvalue weighted by molar-refractivity contribution is 0.669.